The van der Waals surface area contributed by atoms with Crippen molar-refractivity contribution in [1.29, 1.82) is 0 Å². The third-order valence-electron chi connectivity index (χ3n) is 4.09. The van der Waals surface area contributed by atoms with E-state index in [0.29, 0.717) is 19.1 Å². The number of hydrogen-bond donors (Lipinski definition) is 2. The molecular formula is C12H24N2O2S2. The van der Waals surface area contributed by atoms with Gasteiger partial charge in [0.1, 0.15) is 0 Å². The van der Waals surface area contributed by atoms with Crippen LogP contribution in [0, 0.1) is 0 Å². The zero-order valence-corrected chi connectivity index (χ0v) is 12.9. The topological polar surface area (TPSA) is 58.2 Å². The van der Waals surface area contributed by atoms with Gasteiger partial charge in [0, 0.05) is 23.9 Å². The molecule has 0 aromatic carbocycles. The predicted molar refractivity (Wildman–Crippen MR) is 77.5 cm³/mol. The molecule has 2 aliphatic rings. The van der Waals surface area contributed by atoms with Crippen molar-refractivity contribution in [2.75, 3.05) is 19.3 Å². The maximum absolute atomic E-state index is 12.1. The molecule has 6 heteroatoms. The van der Waals surface area contributed by atoms with E-state index in [1.165, 1.54) is 19.3 Å². The van der Waals surface area contributed by atoms with Crippen molar-refractivity contribution >= 4 is 21.8 Å². The Bertz CT molecular complexity index is 370. The van der Waals surface area contributed by atoms with Crippen molar-refractivity contribution in [3.63, 3.8) is 0 Å². The Balaban J connectivity index is 1.78. The van der Waals surface area contributed by atoms with Crippen LogP contribution in [0.15, 0.2) is 0 Å². The van der Waals surface area contributed by atoms with Crippen LogP contribution in [0.1, 0.15) is 39.0 Å². The Morgan fingerprint density at radius 1 is 1.39 bits per heavy atom. The number of rotatable bonds is 8. The summed E-state index contributed by atoms with van der Waals surface area (Å²) in [6, 6.07) is 0.562. The molecule has 0 aliphatic heterocycles. The van der Waals surface area contributed by atoms with E-state index in [1.807, 2.05) is 0 Å². The molecule has 2 fully saturated rings. The van der Waals surface area contributed by atoms with Gasteiger partial charge in [-0.25, -0.2) is 13.1 Å². The summed E-state index contributed by atoms with van der Waals surface area (Å²) in [5.41, 5.74) is 0. The van der Waals surface area contributed by atoms with Crippen molar-refractivity contribution in [3.8, 4) is 0 Å². The average molecular weight is 292 g/mol. The van der Waals surface area contributed by atoms with Crippen LogP contribution in [0.3, 0.4) is 0 Å². The van der Waals surface area contributed by atoms with Crippen molar-refractivity contribution in [2.24, 2.45) is 0 Å². The maximum atomic E-state index is 12.1. The van der Waals surface area contributed by atoms with Crippen LogP contribution in [0.5, 0.6) is 0 Å². The van der Waals surface area contributed by atoms with Gasteiger partial charge in [0.25, 0.3) is 0 Å². The fourth-order valence-corrected chi connectivity index (χ4v) is 4.21. The van der Waals surface area contributed by atoms with Gasteiger partial charge in [0.05, 0.1) is 5.25 Å². The first-order chi connectivity index (χ1) is 8.47. The molecule has 0 saturated heterocycles. The summed E-state index contributed by atoms with van der Waals surface area (Å²) in [5.74, 6) is 0. The van der Waals surface area contributed by atoms with Gasteiger partial charge in [0.2, 0.25) is 10.0 Å². The number of hydrogen-bond acceptors (Lipinski definition) is 4. The highest BCUT2D eigenvalue weighted by molar-refractivity contribution is 8.00. The van der Waals surface area contributed by atoms with Gasteiger partial charge in [-0.3, -0.25) is 0 Å². The van der Waals surface area contributed by atoms with Crippen molar-refractivity contribution in [3.05, 3.63) is 0 Å². The van der Waals surface area contributed by atoms with Gasteiger partial charge in [-0.05, 0) is 38.9 Å². The fraction of sp³-hybridized carbons (Fsp3) is 1.00. The summed E-state index contributed by atoms with van der Waals surface area (Å²) in [6.07, 6.45) is 7.94. The second-order valence-corrected chi connectivity index (χ2v) is 9.06. The molecule has 2 saturated carbocycles. The van der Waals surface area contributed by atoms with E-state index in [0.717, 1.165) is 12.8 Å². The Labute approximate surface area is 115 Å². The van der Waals surface area contributed by atoms with Crippen LogP contribution >= 0.6 is 11.8 Å². The molecule has 0 aromatic rings. The lowest BCUT2D eigenvalue weighted by molar-refractivity contribution is 0.361. The standard InChI is InChI=1S/C12H24N2O2S2/c1-10(8-13-11-4-5-11)18(15,16)14-9-12(17-2)6-3-7-12/h10-11,13-14H,3-9H2,1-2H3. The average Bonchev–Trinajstić information content (AvgIpc) is 3.08. The molecular weight excluding hydrogens is 268 g/mol. The highest BCUT2D eigenvalue weighted by Crippen LogP contribution is 2.42. The number of thioether (sulfide) groups is 1. The minimum Gasteiger partial charge on any atom is -0.313 e. The molecule has 0 heterocycles. The van der Waals surface area contributed by atoms with Crippen molar-refractivity contribution in [1.82, 2.24) is 10.0 Å². The summed E-state index contributed by atoms with van der Waals surface area (Å²) in [5, 5.41) is 2.93. The molecule has 0 radical (unpaired) electrons. The van der Waals surface area contributed by atoms with E-state index in [4.69, 9.17) is 0 Å². The van der Waals surface area contributed by atoms with E-state index in [1.54, 1.807) is 18.7 Å². The van der Waals surface area contributed by atoms with E-state index in [9.17, 15) is 8.42 Å². The zero-order valence-electron chi connectivity index (χ0n) is 11.2. The molecule has 4 nitrogen and oxygen atoms in total. The number of sulfonamides is 1. The van der Waals surface area contributed by atoms with Gasteiger partial charge < -0.3 is 5.32 Å². The zero-order chi connectivity index (χ0) is 13.2. The van der Waals surface area contributed by atoms with Gasteiger partial charge in [0.15, 0.2) is 0 Å². The van der Waals surface area contributed by atoms with E-state index in [2.05, 4.69) is 16.3 Å². The van der Waals surface area contributed by atoms with Crippen molar-refractivity contribution < 1.29 is 8.42 Å². The number of nitrogens with one attached hydrogen (secondary N) is 2. The Kier molecular flexibility index (Phi) is 4.62. The summed E-state index contributed by atoms with van der Waals surface area (Å²) in [4.78, 5) is 0. The predicted octanol–water partition coefficient (Wildman–Crippen LogP) is 1.33. The summed E-state index contributed by atoms with van der Waals surface area (Å²) < 4.78 is 27.2. The van der Waals surface area contributed by atoms with Gasteiger partial charge in [-0.15, -0.1) is 0 Å². The molecule has 1 unspecified atom stereocenters. The Morgan fingerprint density at radius 3 is 2.50 bits per heavy atom. The third kappa shape index (κ3) is 3.62. The smallest absolute Gasteiger partial charge is 0.215 e. The highest BCUT2D eigenvalue weighted by Gasteiger charge is 2.37. The van der Waals surface area contributed by atoms with E-state index in [-0.39, 0.29) is 10.00 Å². The molecule has 0 aromatic heterocycles. The fourth-order valence-electron chi connectivity index (χ4n) is 2.13. The third-order valence-corrected chi connectivity index (χ3v) is 7.29. The van der Waals surface area contributed by atoms with Crippen LogP contribution in [0.4, 0.5) is 0 Å². The van der Waals surface area contributed by atoms with Crippen LogP contribution in [-0.2, 0) is 10.0 Å². The maximum Gasteiger partial charge on any atom is 0.215 e. The summed E-state index contributed by atoms with van der Waals surface area (Å²) in [7, 11) is -3.17. The van der Waals surface area contributed by atoms with Gasteiger partial charge >= 0.3 is 0 Å². The molecule has 2 aliphatic carbocycles. The summed E-state index contributed by atoms with van der Waals surface area (Å²) in [6.45, 7) is 2.93. The minimum absolute atomic E-state index is 0.163. The van der Waals surface area contributed by atoms with Gasteiger partial charge in [-0.1, -0.05) is 6.42 Å². The second kappa shape index (κ2) is 5.69. The second-order valence-electron chi connectivity index (χ2n) is 5.60. The molecule has 0 bridgehead atoms. The van der Waals surface area contributed by atoms with E-state index >= 15 is 0 Å². The molecule has 106 valence electrons. The van der Waals surface area contributed by atoms with Crippen LogP contribution in [0.25, 0.3) is 0 Å². The SMILES string of the molecule is CSC1(CNS(=O)(=O)C(C)CNC2CC2)CCC1. The quantitative estimate of drug-likeness (QED) is 0.709. The first-order valence-corrected chi connectivity index (χ1v) is 9.52. The molecule has 2 rings (SSSR count). The monoisotopic (exact) mass is 292 g/mol. The molecule has 1 atom stereocenters. The molecule has 18 heavy (non-hydrogen) atoms. The minimum atomic E-state index is -3.17. The first kappa shape index (κ1) is 14.6. The lowest BCUT2D eigenvalue weighted by Crippen LogP contribution is -2.48. The normalized spacial score (nSPS) is 24.6. The summed E-state index contributed by atoms with van der Waals surface area (Å²) >= 11 is 1.80. The molecule has 2 N–H and O–H groups in total. The lowest BCUT2D eigenvalue weighted by Gasteiger charge is -2.40. The Morgan fingerprint density at radius 2 is 2.06 bits per heavy atom. The van der Waals surface area contributed by atoms with Crippen LogP contribution in [0.2, 0.25) is 0 Å². The Hall–Kier alpha value is 0.220. The molecule has 0 amide bonds. The lowest BCUT2D eigenvalue weighted by atomic mass is 9.84. The highest BCUT2D eigenvalue weighted by atomic mass is 32.2. The first-order valence-electron chi connectivity index (χ1n) is 6.74. The van der Waals surface area contributed by atoms with Crippen molar-refractivity contribution in [2.45, 2.75) is 55.1 Å². The molecule has 0 spiro atoms. The largest absolute Gasteiger partial charge is 0.313 e. The van der Waals surface area contributed by atoms with E-state index < -0.39 is 10.0 Å². The van der Waals surface area contributed by atoms with Crippen LogP contribution in [-0.4, -0.2) is 43.8 Å². The van der Waals surface area contributed by atoms with Crippen LogP contribution < -0.4 is 10.0 Å². The van der Waals surface area contributed by atoms with Gasteiger partial charge in [-0.2, -0.15) is 11.8 Å².